The van der Waals surface area contributed by atoms with Gasteiger partial charge >= 0.3 is 11.8 Å². The van der Waals surface area contributed by atoms with E-state index in [1.807, 2.05) is 0 Å². The van der Waals surface area contributed by atoms with Gasteiger partial charge in [-0.25, -0.2) is 0 Å². The van der Waals surface area contributed by atoms with E-state index in [0.29, 0.717) is 25.0 Å². The van der Waals surface area contributed by atoms with Gasteiger partial charge in [-0.15, -0.1) is 0 Å². The van der Waals surface area contributed by atoms with Crippen LogP contribution in [-0.4, -0.2) is 71.8 Å². The molecule has 2 rings (SSSR count). The molecule has 2 aliphatic rings. The highest BCUT2D eigenvalue weighted by Gasteiger charge is 2.34. The summed E-state index contributed by atoms with van der Waals surface area (Å²) >= 11 is 0. The fourth-order valence-electron chi connectivity index (χ4n) is 2.58. The lowest BCUT2D eigenvalue weighted by atomic mass is 10.0. The Kier molecular flexibility index (Phi) is 3.90. The Morgan fingerprint density at radius 1 is 0.944 bits per heavy atom. The molecule has 2 heterocycles. The second-order valence-electron chi connectivity index (χ2n) is 5.74. The van der Waals surface area contributed by atoms with Crippen LogP contribution < -0.4 is 0 Å². The van der Waals surface area contributed by atoms with Crippen LogP contribution in [0.5, 0.6) is 0 Å². The first-order chi connectivity index (χ1) is 8.49. The van der Waals surface area contributed by atoms with Crippen molar-refractivity contribution in [3.05, 3.63) is 0 Å². The Balaban J connectivity index is 1.82. The zero-order valence-corrected chi connectivity index (χ0v) is 11.6. The Hall–Kier alpha value is -1.10. The molecule has 18 heavy (non-hydrogen) atoms. The monoisotopic (exact) mass is 253 g/mol. The number of likely N-dealkylation sites (tertiary alicyclic amines) is 1. The smallest absolute Gasteiger partial charge is 0.312 e. The third-order valence-corrected chi connectivity index (χ3v) is 3.87. The molecule has 0 saturated carbocycles. The summed E-state index contributed by atoms with van der Waals surface area (Å²) in [5, 5.41) is 0. The number of rotatable bonds is 1. The molecule has 0 aromatic heterocycles. The minimum atomic E-state index is -0.315. The topological polar surface area (TPSA) is 43.9 Å². The number of carbonyl (C=O) groups excluding carboxylic acids is 2. The molecule has 0 aromatic carbocycles. The highest BCUT2D eigenvalue weighted by molar-refractivity contribution is 6.35. The van der Waals surface area contributed by atoms with Crippen LogP contribution >= 0.6 is 0 Å². The van der Waals surface area contributed by atoms with Gasteiger partial charge in [-0.05, 0) is 19.8 Å². The average molecular weight is 253 g/mol. The third kappa shape index (κ3) is 2.66. The maximum absolute atomic E-state index is 12.0. The summed E-state index contributed by atoms with van der Waals surface area (Å²) in [6, 6.07) is 0.509. The van der Waals surface area contributed by atoms with Gasteiger partial charge in [0.25, 0.3) is 0 Å². The van der Waals surface area contributed by atoms with Crippen molar-refractivity contribution in [2.45, 2.75) is 26.8 Å². The maximum Gasteiger partial charge on any atom is 0.312 e. The summed E-state index contributed by atoms with van der Waals surface area (Å²) in [5.41, 5.74) is 0. The molecule has 5 heteroatoms. The van der Waals surface area contributed by atoms with Crippen LogP contribution in [0.4, 0.5) is 0 Å². The highest BCUT2D eigenvalue weighted by atomic mass is 16.2. The molecule has 0 atom stereocenters. The second kappa shape index (κ2) is 5.26. The summed E-state index contributed by atoms with van der Waals surface area (Å²) < 4.78 is 0. The first kappa shape index (κ1) is 13.3. The van der Waals surface area contributed by atoms with E-state index < -0.39 is 0 Å². The van der Waals surface area contributed by atoms with Crippen LogP contribution in [0.2, 0.25) is 0 Å². The molecule has 2 saturated heterocycles. The summed E-state index contributed by atoms with van der Waals surface area (Å²) in [6.45, 7) is 11.0. The van der Waals surface area contributed by atoms with E-state index in [0.717, 1.165) is 26.2 Å². The van der Waals surface area contributed by atoms with Crippen molar-refractivity contribution in [1.82, 2.24) is 14.7 Å². The van der Waals surface area contributed by atoms with E-state index in [1.165, 1.54) is 0 Å². The average Bonchev–Trinajstić information content (AvgIpc) is 2.33. The predicted molar refractivity (Wildman–Crippen MR) is 69.0 cm³/mol. The van der Waals surface area contributed by atoms with E-state index >= 15 is 0 Å². The van der Waals surface area contributed by atoms with Gasteiger partial charge in [-0.1, -0.05) is 6.92 Å². The summed E-state index contributed by atoms with van der Waals surface area (Å²) in [5.74, 6) is -0.0871. The molecule has 2 amide bonds. The molecular formula is C13H23N3O2. The van der Waals surface area contributed by atoms with Gasteiger partial charge in [-0.2, -0.15) is 0 Å². The van der Waals surface area contributed by atoms with Crippen LogP contribution in [-0.2, 0) is 9.59 Å². The van der Waals surface area contributed by atoms with Gasteiger partial charge in [0.15, 0.2) is 0 Å². The molecule has 0 bridgehead atoms. The standard InChI is InChI=1S/C13H23N3O2/c1-10(2)14-4-6-15(7-5-14)12(17)13(18)16-8-11(3)9-16/h10-11H,4-9H2,1-3H3. The van der Waals surface area contributed by atoms with Gasteiger partial charge in [0.2, 0.25) is 0 Å². The molecule has 5 nitrogen and oxygen atoms in total. The van der Waals surface area contributed by atoms with E-state index in [4.69, 9.17) is 0 Å². The Bertz CT molecular complexity index is 329. The van der Waals surface area contributed by atoms with Crippen molar-refractivity contribution in [2.24, 2.45) is 5.92 Å². The SMILES string of the molecule is CC1CN(C(=O)C(=O)N2CCN(C(C)C)CC2)C1. The number of piperazine rings is 1. The molecule has 0 unspecified atom stereocenters. The van der Waals surface area contributed by atoms with Crippen molar-refractivity contribution in [2.75, 3.05) is 39.3 Å². The van der Waals surface area contributed by atoms with Crippen molar-refractivity contribution in [3.8, 4) is 0 Å². The van der Waals surface area contributed by atoms with Crippen molar-refractivity contribution >= 4 is 11.8 Å². The zero-order chi connectivity index (χ0) is 13.3. The molecule has 0 aliphatic carbocycles. The zero-order valence-electron chi connectivity index (χ0n) is 11.6. The van der Waals surface area contributed by atoms with E-state index in [9.17, 15) is 9.59 Å². The van der Waals surface area contributed by atoms with Crippen LogP contribution in [0.15, 0.2) is 0 Å². The van der Waals surface area contributed by atoms with Crippen LogP contribution in [0.3, 0.4) is 0 Å². The van der Waals surface area contributed by atoms with Gasteiger partial charge in [-0.3, -0.25) is 14.5 Å². The number of carbonyl (C=O) groups is 2. The predicted octanol–water partition coefficient (Wildman–Crippen LogP) is 0.0173. The lowest BCUT2D eigenvalue weighted by molar-refractivity contribution is -0.156. The van der Waals surface area contributed by atoms with Crippen LogP contribution in [0, 0.1) is 5.92 Å². The highest BCUT2D eigenvalue weighted by Crippen LogP contribution is 2.15. The first-order valence-electron chi connectivity index (χ1n) is 6.81. The number of hydrogen-bond donors (Lipinski definition) is 0. The molecule has 0 N–H and O–H groups in total. The Labute approximate surface area is 109 Å². The molecule has 0 aromatic rings. The quantitative estimate of drug-likeness (QED) is 0.619. The van der Waals surface area contributed by atoms with Crippen molar-refractivity contribution < 1.29 is 9.59 Å². The van der Waals surface area contributed by atoms with Gasteiger partial charge < -0.3 is 9.80 Å². The number of amides is 2. The van der Waals surface area contributed by atoms with Gasteiger partial charge in [0, 0.05) is 45.3 Å². The normalized spacial score (nSPS) is 22.2. The van der Waals surface area contributed by atoms with Crippen molar-refractivity contribution in [3.63, 3.8) is 0 Å². The summed E-state index contributed by atoms with van der Waals surface area (Å²) in [6.07, 6.45) is 0. The fourth-order valence-corrected chi connectivity index (χ4v) is 2.58. The second-order valence-corrected chi connectivity index (χ2v) is 5.74. The molecule has 2 fully saturated rings. The molecule has 0 radical (unpaired) electrons. The van der Waals surface area contributed by atoms with Gasteiger partial charge in [0.05, 0.1) is 0 Å². The van der Waals surface area contributed by atoms with Crippen LogP contribution in [0.25, 0.3) is 0 Å². The number of hydrogen-bond acceptors (Lipinski definition) is 3. The lowest BCUT2D eigenvalue weighted by Gasteiger charge is -2.40. The fraction of sp³-hybridized carbons (Fsp3) is 0.846. The Morgan fingerprint density at radius 2 is 1.44 bits per heavy atom. The minimum Gasteiger partial charge on any atom is -0.334 e. The third-order valence-electron chi connectivity index (χ3n) is 3.87. The van der Waals surface area contributed by atoms with E-state index in [1.54, 1.807) is 9.80 Å². The number of nitrogens with zero attached hydrogens (tertiary/aromatic N) is 3. The maximum atomic E-state index is 12.0. The molecule has 102 valence electrons. The molecule has 0 spiro atoms. The largest absolute Gasteiger partial charge is 0.334 e. The van der Waals surface area contributed by atoms with Crippen LogP contribution in [0.1, 0.15) is 20.8 Å². The molecule has 2 aliphatic heterocycles. The van der Waals surface area contributed by atoms with Gasteiger partial charge in [0.1, 0.15) is 0 Å². The lowest BCUT2D eigenvalue weighted by Crippen LogP contribution is -2.58. The molecular weight excluding hydrogens is 230 g/mol. The first-order valence-corrected chi connectivity index (χ1v) is 6.81. The Morgan fingerprint density at radius 3 is 1.89 bits per heavy atom. The van der Waals surface area contributed by atoms with E-state index in [-0.39, 0.29) is 11.8 Å². The summed E-state index contributed by atoms with van der Waals surface area (Å²) in [7, 11) is 0. The van der Waals surface area contributed by atoms with Crippen molar-refractivity contribution in [1.29, 1.82) is 0 Å². The van der Waals surface area contributed by atoms with E-state index in [2.05, 4.69) is 25.7 Å². The minimum absolute atomic E-state index is 0.314. The summed E-state index contributed by atoms with van der Waals surface area (Å²) in [4.78, 5) is 29.6.